The van der Waals surface area contributed by atoms with Crippen molar-refractivity contribution in [3.63, 3.8) is 0 Å². The minimum absolute atomic E-state index is 0.462. The van der Waals surface area contributed by atoms with Crippen LogP contribution in [-0.4, -0.2) is 40.5 Å². The van der Waals surface area contributed by atoms with E-state index in [1.807, 2.05) is 27.7 Å². The topological polar surface area (TPSA) is 84.9 Å². The van der Waals surface area contributed by atoms with Crippen molar-refractivity contribution in [1.82, 2.24) is 5.32 Å². The predicted molar refractivity (Wildman–Crippen MR) is 75.7 cm³/mol. The van der Waals surface area contributed by atoms with Gasteiger partial charge in [0.25, 0.3) is 0 Å². The Bertz CT molecular complexity index is 340. The summed E-state index contributed by atoms with van der Waals surface area (Å²) in [7, 11) is 0. The molecule has 2 atom stereocenters. The van der Waals surface area contributed by atoms with E-state index in [-0.39, 0.29) is 0 Å². The maximum atomic E-state index is 11.7. The van der Waals surface area contributed by atoms with Crippen LogP contribution >= 0.6 is 0 Å². The second-order valence-electron chi connectivity index (χ2n) is 6.64. The fourth-order valence-electron chi connectivity index (χ4n) is 1.59. The number of amides is 1. The van der Waals surface area contributed by atoms with Crippen LogP contribution < -0.4 is 5.32 Å². The van der Waals surface area contributed by atoms with Gasteiger partial charge in [0.1, 0.15) is 5.60 Å². The molecule has 0 radical (unpaired) electrons. The van der Waals surface area contributed by atoms with E-state index in [9.17, 15) is 14.7 Å². The summed E-state index contributed by atoms with van der Waals surface area (Å²) in [6, 6.07) is -1.14. The summed E-state index contributed by atoms with van der Waals surface area (Å²) < 4.78 is 10.8. The van der Waals surface area contributed by atoms with Gasteiger partial charge in [0, 0.05) is 0 Å². The van der Waals surface area contributed by atoms with E-state index in [2.05, 4.69) is 5.32 Å². The molecule has 0 unspecified atom stereocenters. The van der Waals surface area contributed by atoms with Crippen LogP contribution in [0.3, 0.4) is 0 Å². The van der Waals surface area contributed by atoms with Gasteiger partial charge in [-0.3, -0.25) is 0 Å². The lowest BCUT2D eigenvalue weighted by atomic mass is 10.1. The lowest BCUT2D eigenvalue weighted by Gasteiger charge is -2.31. The van der Waals surface area contributed by atoms with Crippen molar-refractivity contribution in [2.24, 2.45) is 0 Å². The second-order valence-corrected chi connectivity index (χ2v) is 6.64. The summed E-state index contributed by atoms with van der Waals surface area (Å²) in [4.78, 5) is 23.0. The molecule has 6 nitrogen and oxygen atoms in total. The first-order chi connectivity index (χ1) is 8.85. The Hall–Kier alpha value is -1.30. The Labute approximate surface area is 120 Å². The lowest BCUT2D eigenvalue weighted by molar-refractivity contribution is -0.148. The van der Waals surface area contributed by atoms with E-state index in [1.54, 1.807) is 20.8 Å². The molecule has 0 aliphatic carbocycles. The molecule has 1 amide bonds. The van der Waals surface area contributed by atoms with Gasteiger partial charge in [-0.15, -0.1) is 0 Å². The zero-order chi connectivity index (χ0) is 16.1. The third kappa shape index (κ3) is 7.99. The molecule has 2 N–H and O–H groups in total. The number of rotatable bonds is 5. The molecule has 0 aliphatic heterocycles. The molecule has 0 bridgehead atoms. The molecular formula is C14H27NO5. The minimum atomic E-state index is -1.15. The summed E-state index contributed by atoms with van der Waals surface area (Å²) in [5.74, 6) is -1.15. The van der Waals surface area contributed by atoms with Crippen molar-refractivity contribution in [2.75, 3.05) is 0 Å². The predicted octanol–water partition coefficient (Wildman–Crippen LogP) is 2.56. The van der Waals surface area contributed by atoms with E-state index >= 15 is 0 Å². The molecule has 0 saturated carbocycles. The number of carboxylic acids is 1. The summed E-state index contributed by atoms with van der Waals surface area (Å²) in [6.07, 6.45) is -0.926. The van der Waals surface area contributed by atoms with Crippen LogP contribution in [-0.2, 0) is 14.3 Å². The van der Waals surface area contributed by atoms with Gasteiger partial charge < -0.3 is 19.9 Å². The number of alkyl carbamates (subject to hydrolysis) is 1. The van der Waals surface area contributed by atoms with E-state index in [0.717, 1.165) is 0 Å². The summed E-state index contributed by atoms with van der Waals surface area (Å²) >= 11 is 0. The first-order valence-electron chi connectivity index (χ1n) is 6.76. The molecule has 118 valence electrons. The fourth-order valence-corrected chi connectivity index (χ4v) is 1.59. The highest BCUT2D eigenvalue weighted by Gasteiger charge is 2.33. The average molecular weight is 289 g/mol. The van der Waals surface area contributed by atoms with Crippen LogP contribution in [0.5, 0.6) is 0 Å². The van der Waals surface area contributed by atoms with Gasteiger partial charge >= 0.3 is 12.1 Å². The molecule has 0 aromatic heterocycles. The largest absolute Gasteiger partial charge is 0.480 e. The third-order valence-electron chi connectivity index (χ3n) is 2.22. The van der Waals surface area contributed by atoms with Gasteiger partial charge in [-0.05, 0) is 48.0 Å². The summed E-state index contributed by atoms with van der Waals surface area (Å²) in [5, 5.41) is 11.6. The number of carboxylic acid groups (broad SMARTS) is 1. The number of carbonyl (C=O) groups excluding carboxylic acids is 1. The first kappa shape index (κ1) is 18.7. The monoisotopic (exact) mass is 289 g/mol. The smallest absolute Gasteiger partial charge is 0.408 e. The van der Waals surface area contributed by atoms with Gasteiger partial charge in [-0.25, -0.2) is 9.59 Å². The van der Waals surface area contributed by atoms with E-state index < -0.39 is 35.4 Å². The Kier molecular flexibility index (Phi) is 6.47. The van der Waals surface area contributed by atoms with Crippen LogP contribution in [0.25, 0.3) is 0 Å². The van der Waals surface area contributed by atoms with Gasteiger partial charge in [-0.2, -0.15) is 0 Å². The van der Waals surface area contributed by atoms with Crippen molar-refractivity contribution >= 4 is 12.1 Å². The van der Waals surface area contributed by atoms with Crippen molar-refractivity contribution < 1.29 is 24.2 Å². The standard InChI is InChI=1S/C14H27NO5/c1-8-9(19-13(2,3)4)10(11(16)17)15-12(18)20-14(5,6)7/h9-10H,8H2,1-7H3,(H,15,18)(H,16,17)/t9-,10-/m0/s1. The van der Waals surface area contributed by atoms with E-state index in [4.69, 9.17) is 9.47 Å². The van der Waals surface area contributed by atoms with Crippen LogP contribution in [0.1, 0.15) is 54.9 Å². The number of ether oxygens (including phenoxy) is 2. The van der Waals surface area contributed by atoms with Crippen molar-refractivity contribution in [1.29, 1.82) is 0 Å². The second kappa shape index (κ2) is 6.92. The first-order valence-corrected chi connectivity index (χ1v) is 6.76. The quantitative estimate of drug-likeness (QED) is 0.812. The number of nitrogens with one attached hydrogen (secondary N) is 1. The fraction of sp³-hybridized carbons (Fsp3) is 0.857. The summed E-state index contributed by atoms with van der Waals surface area (Å²) in [6.45, 7) is 12.5. The molecule has 20 heavy (non-hydrogen) atoms. The number of aliphatic carboxylic acids is 1. The van der Waals surface area contributed by atoms with Crippen LogP contribution in [0, 0.1) is 0 Å². The molecular weight excluding hydrogens is 262 g/mol. The Morgan fingerprint density at radius 1 is 1.10 bits per heavy atom. The van der Waals surface area contributed by atoms with Crippen molar-refractivity contribution in [3.8, 4) is 0 Å². The molecule has 0 rings (SSSR count). The van der Waals surface area contributed by atoms with Crippen LogP contribution in [0.15, 0.2) is 0 Å². The van der Waals surface area contributed by atoms with E-state index in [0.29, 0.717) is 6.42 Å². The Balaban J connectivity index is 4.87. The molecule has 0 aromatic carbocycles. The van der Waals surface area contributed by atoms with Crippen LogP contribution in [0.2, 0.25) is 0 Å². The molecule has 0 spiro atoms. The highest BCUT2D eigenvalue weighted by atomic mass is 16.6. The van der Waals surface area contributed by atoms with Crippen molar-refractivity contribution in [3.05, 3.63) is 0 Å². The Morgan fingerprint density at radius 2 is 1.60 bits per heavy atom. The third-order valence-corrected chi connectivity index (χ3v) is 2.22. The van der Waals surface area contributed by atoms with Gasteiger partial charge in [-0.1, -0.05) is 6.92 Å². The van der Waals surface area contributed by atoms with Crippen molar-refractivity contribution in [2.45, 2.75) is 78.2 Å². The number of hydrogen-bond acceptors (Lipinski definition) is 4. The lowest BCUT2D eigenvalue weighted by Crippen LogP contribution is -2.52. The number of hydrogen-bond donors (Lipinski definition) is 2. The SMILES string of the molecule is CC[C@H](OC(C)(C)C)[C@H](NC(=O)OC(C)(C)C)C(=O)O. The highest BCUT2D eigenvalue weighted by molar-refractivity contribution is 5.80. The Morgan fingerprint density at radius 3 is 1.90 bits per heavy atom. The van der Waals surface area contributed by atoms with Gasteiger partial charge in [0.15, 0.2) is 6.04 Å². The number of carbonyl (C=O) groups is 2. The maximum Gasteiger partial charge on any atom is 0.408 e. The zero-order valence-corrected chi connectivity index (χ0v) is 13.4. The normalized spacial score (nSPS) is 15.3. The minimum Gasteiger partial charge on any atom is -0.480 e. The molecule has 0 aromatic rings. The molecule has 0 aliphatic rings. The molecule has 6 heteroatoms. The molecule has 0 fully saturated rings. The van der Waals surface area contributed by atoms with Gasteiger partial charge in [0.2, 0.25) is 0 Å². The highest BCUT2D eigenvalue weighted by Crippen LogP contribution is 2.17. The maximum absolute atomic E-state index is 11.7. The van der Waals surface area contributed by atoms with E-state index in [1.165, 1.54) is 0 Å². The molecule has 0 saturated heterocycles. The summed E-state index contributed by atoms with van der Waals surface area (Å²) in [5.41, 5.74) is -1.18. The van der Waals surface area contributed by atoms with Gasteiger partial charge in [0.05, 0.1) is 11.7 Å². The van der Waals surface area contributed by atoms with Crippen LogP contribution in [0.4, 0.5) is 4.79 Å². The zero-order valence-electron chi connectivity index (χ0n) is 13.4. The molecule has 0 heterocycles. The average Bonchev–Trinajstić information content (AvgIpc) is 2.18.